The minimum atomic E-state index is -1.16. The van der Waals surface area contributed by atoms with Crippen LogP contribution in [-0.2, 0) is 42.9 Å². The summed E-state index contributed by atoms with van der Waals surface area (Å²) in [4.78, 5) is 59.6. The highest BCUT2D eigenvalue weighted by atomic mass is 16.5. The Balaban J connectivity index is 3.68. The number of amides is 3. The number of hydrogen-bond donors (Lipinski definition) is 4. The van der Waals surface area contributed by atoms with E-state index in [1.165, 1.54) is 77.0 Å². The lowest BCUT2D eigenvalue weighted by atomic mass is 9.91. The van der Waals surface area contributed by atoms with Crippen LogP contribution in [0, 0.1) is 5.41 Å². The molecule has 0 aromatic carbocycles. The fraction of sp³-hybridized carbons (Fsp3) is 0.872. The van der Waals surface area contributed by atoms with Crippen molar-refractivity contribution in [2.45, 2.75) is 149 Å². The molecule has 0 aromatic heterocycles. The summed E-state index contributed by atoms with van der Waals surface area (Å²) in [6, 6.07) is -1.11. The number of carbonyl (C=O) groups excluding carboxylic acids is 4. The lowest BCUT2D eigenvalue weighted by Gasteiger charge is -2.16. The molecule has 0 radical (unpaired) electrons. The van der Waals surface area contributed by atoms with E-state index < -0.39 is 17.4 Å². The third kappa shape index (κ3) is 33.2. The lowest BCUT2D eigenvalue weighted by Crippen LogP contribution is -2.41. The average molecular weight is 744 g/mol. The molecule has 0 fully saturated rings. The fourth-order valence-corrected chi connectivity index (χ4v) is 5.11. The van der Waals surface area contributed by atoms with Crippen LogP contribution in [0.25, 0.3) is 0 Å². The first-order valence-electron chi connectivity index (χ1n) is 19.9. The number of Topliss-reactive ketones (excluding diaryl/α,β-unsaturated/α-hetero) is 1. The maximum Gasteiger partial charge on any atom is 0.326 e. The van der Waals surface area contributed by atoms with Crippen molar-refractivity contribution in [2.75, 3.05) is 65.9 Å². The minimum Gasteiger partial charge on any atom is -0.480 e. The minimum absolute atomic E-state index is 0.00287. The van der Waals surface area contributed by atoms with Gasteiger partial charge in [-0.1, -0.05) is 118 Å². The van der Waals surface area contributed by atoms with E-state index in [1.54, 1.807) is 0 Å². The van der Waals surface area contributed by atoms with E-state index in [-0.39, 0.29) is 82.3 Å². The lowest BCUT2D eigenvalue weighted by molar-refractivity contribution is -0.142. The number of ketones is 1. The monoisotopic (exact) mass is 744 g/mol. The Morgan fingerprint density at radius 1 is 0.538 bits per heavy atom. The number of aliphatic carboxylic acids is 1. The second-order valence-corrected chi connectivity index (χ2v) is 14.4. The number of unbranched alkanes of at least 4 members (excludes halogenated alkanes) is 14. The van der Waals surface area contributed by atoms with Gasteiger partial charge in [0.2, 0.25) is 17.7 Å². The topological polar surface area (TPSA) is 179 Å². The largest absolute Gasteiger partial charge is 0.480 e. The molecule has 0 saturated heterocycles. The van der Waals surface area contributed by atoms with Crippen LogP contribution < -0.4 is 16.0 Å². The number of carboxylic acid groups (broad SMARTS) is 1. The van der Waals surface area contributed by atoms with Crippen LogP contribution in [0.5, 0.6) is 0 Å². The number of carboxylic acids is 1. The van der Waals surface area contributed by atoms with E-state index in [0.717, 1.165) is 19.3 Å². The molecule has 52 heavy (non-hydrogen) atoms. The van der Waals surface area contributed by atoms with Gasteiger partial charge in [0, 0.05) is 31.3 Å². The zero-order valence-corrected chi connectivity index (χ0v) is 33.0. The molecule has 13 heteroatoms. The van der Waals surface area contributed by atoms with Crippen molar-refractivity contribution in [2.24, 2.45) is 5.41 Å². The molecule has 0 heterocycles. The quantitative estimate of drug-likeness (QED) is 0.0593. The summed E-state index contributed by atoms with van der Waals surface area (Å²) >= 11 is 0. The van der Waals surface area contributed by atoms with Crippen molar-refractivity contribution in [3.05, 3.63) is 0 Å². The Morgan fingerprint density at radius 2 is 0.981 bits per heavy atom. The van der Waals surface area contributed by atoms with Crippen LogP contribution in [-0.4, -0.2) is 107 Å². The van der Waals surface area contributed by atoms with Gasteiger partial charge in [-0.05, 0) is 12.8 Å². The van der Waals surface area contributed by atoms with E-state index in [4.69, 9.17) is 18.9 Å². The summed E-state index contributed by atoms with van der Waals surface area (Å²) in [6.45, 7) is 9.83. The summed E-state index contributed by atoms with van der Waals surface area (Å²) in [7, 11) is 0. The van der Waals surface area contributed by atoms with Crippen molar-refractivity contribution in [1.29, 1.82) is 0 Å². The smallest absolute Gasteiger partial charge is 0.326 e. The third-order valence-electron chi connectivity index (χ3n) is 8.48. The molecule has 0 aromatic rings. The highest BCUT2D eigenvalue weighted by Gasteiger charge is 2.21. The maximum atomic E-state index is 12.3. The van der Waals surface area contributed by atoms with Crippen molar-refractivity contribution < 1.29 is 48.0 Å². The first kappa shape index (κ1) is 49.4. The van der Waals surface area contributed by atoms with Crippen LogP contribution in [0.3, 0.4) is 0 Å². The molecule has 0 spiro atoms. The zero-order chi connectivity index (χ0) is 38.7. The molecule has 13 nitrogen and oxygen atoms in total. The fourth-order valence-electron chi connectivity index (χ4n) is 5.11. The summed E-state index contributed by atoms with van der Waals surface area (Å²) in [6.07, 6.45) is 18.8. The van der Waals surface area contributed by atoms with E-state index in [2.05, 4.69) is 22.9 Å². The first-order valence-corrected chi connectivity index (χ1v) is 19.9. The van der Waals surface area contributed by atoms with Gasteiger partial charge < -0.3 is 40.0 Å². The van der Waals surface area contributed by atoms with Gasteiger partial charge in [-0.15, -0.1) is 0 Å². The van der Waals surface area contributed by atoms with Crippen molar-refractivity contribution in [3.63, 3.8) is 0 Å². The SMILES string of the molecule is CCCCCCCCCCCCCCCCCC(=O)NC(CCC(=O)NCCOCCOCC(=O)NCCOCCOCC(=O)C(C)(C)C)C(=O)O. The Kier molecular flexibility index (Phi) is 32.5. The normalized spacial score (nSPS) is 12.0. The van der Waals surface area contributed by atoms with E-state index in [1.807, 2.05) is 20.8 Å². The van der Waals surface area contributed by atoms with E-state index >= 15 is 0 Å². The average Bonchev–Trinajstić information content (AvgIpc) is 3.09. The Bertz CT molecular complexity index is 942. The van der Waals surface area contributed by atoms with Crippen molar-refractivity contribution in [3.8, 4) is 0 Å². The maximum absolute atomic E-state index is 12.3. The number of carbonyl (C=O) groups is 5. The Labute approximate surface area is 313 Å². The molecule has 1 atom stereocenters. The second-order valence-electron chi connectivity index (χ2n) is 14.4. The number of ether oxygens (including phenoxy) is 4. The van der Waals surface area contributed by atoms with E-state index in [9.17, 15) is 29.1 Å². The zero-order valence-electron chi connectivity index (χ0n) is 33.0. The molecule has 0 aliphatic carbocycles. The Morgan fingerprint density at radius 3 is 1.46 bits per heavy atom. The summed E-state index contributed by atoms with van der Waals surface area (Å²) in [5.74, 6) is -2.04. The van der Waals surface area contributed by atoms with Crippen LogP contribution >= 0.6 is 0 Å². The standard InChI is InChI=1S/C39H73N3O10/c1-5-6-7-8-9-10-11-12-13-14-15-16-17-18-19-20-36(45)42-33(38(47)48)21-22-35(44)40-23-25-49-28-30-52-32-37(46)41-24-26-50-27-29-51-31-34(43)39(2,3)4/h33H,5-32H2,1-4H3,(H,40,44)(H,41,46)(H,42,45)(H,47,48). The third-order valence-corrected chi connectivity index (χ3v) is 8.48. The molecular formula is C39H73N3O10. The number of rotatable bonds is 37. The van der Waals surface area contributed by atoms with Gasteiger partial charge in [0.05, 0.1) is 39.6 Å². The molecule has 0 aliphatic heterocycles. The second kappa shape index (κ2) is 34.2. The molecule has 1 unspecified atom stereocenters. The number of hydrogen-bond acceptors (Lipinski definition) is 9. The molecular weight excluding hydrogens is 670 g/mol. The van der Waals surface area contributed by atoms with Gasteiger partial charge in [0.25, 0.3) is 0 Å². The van der Waals surface area contributed by atoms with Crippen molar-refractivity contribution >= 4 is 29.5 Å². The van der Waals surface area contributed by atoms with Crippen LogP contribution in [0.15, 0.2) is 0 Å². The predicted octanol–water partition coefficient (Wildman–Crippen LogP) is 5.51. The van der Waals surface area contributed by atoms with Gasteiger partial charge in [0.1, 0.15) is 19.3 Å². The summed E-state index contributed by atoms with van der Waals surface area (Å²) in [5, 5.41) is 17.4. The van der Waals surface area contributed by atoms with Crippen LogP contribution in [0.1, 0.15) is 143 Å². The molecule has 3 amide bonds. The Hall–Kier alpha value is -2.61. The summed E-state index contributed by atoms with van der Waals surface area (Å²) < 4.78 is 21.3. The highest BCUT2D eigenvalue weighted by Crippen LogP contribution is 2.15. The van der Waals surface area contributed by atoms with E-state index in [0.29, 0.717) is 26.4 Å². The molecule has 0 saturated carbocycles. The van der Waals surface area contributed by atoms with Gasteiger partial charge in [-0.2, -0.15) is 0 Å². The predicted molar refractivity (Wildman–Crippen MR) is 202 cm³/mol. The van der Waals surface area contributed by atoms with Gasteiger partial charge in [-0.25, -0.2) is 4.79 Å². The van der Waals surface area contributed by atoms with Crippen molar-refractivity contribution in [1.82, 2.24) is 16.0 Å². The molecule has 0 aliphatic rings. The molecule has 0 bridgehead atoms. The van der Waals surface area contributed by atoms with Crippen LogP contribution in [0.4, 0.5) is 0 Å². The summed E-state index contributed by atoms with van der Waals surface area (Å²) in [5.41, 5.74) is -0.429. The molecule has 304 valence electrons. The van der Waals surface area contributed by atoms with Gasteiger partial charge in [-0.3, -0.25) is 19.2 Å². The van der Waals surface area contributed by atoms with Gasteiger partial charge in [0.15, 0.2) is 5.78 Å². The molecule has 0 rings (SSSR count). The first-order chi connectivity index (χ1) is 25.0. The highest BCUT2D eigenvalue weighted by molar-refractivity contribution is 5.85. The molecule has 4 N–H and O–H groups in total. The van der Waals surface area contributed by atoms with Crippen LogP contribution in [0.2, 0.25) is 0 Å². The van der Waals surface area contributed by atoms with Gasteiger partial charge >= 0.3 is 5.97 Å². The number of nitrogens with one attached hydrogen (secondary N) is 3.